The van der Waals surface area contributed by atoms with Crippen molar-refractivity contribution in [3.8, 4) is 0 Å². The third kappa shape index (κ3) is 3.10. The van der Waals surface area contributed by atoms with Gasteiger partial charge in [0.1, 0.15) is 14.1 Å². The van der Waals surface area contributed by atoms with Gasteiger partial charge in [-0.2, -0.15) is 5.10 Å². The summed E-state index contributed by atoms with van der Waals surface area (Å²) in [6.07, 6.45) is 0. The summed E-state index contributed by atoms with van der Waals surface area (Å²) < 4.78 is 2.75. The molecule has 0 radical (unpaired) electrons. The number of aromatic nitrogens is 2. The summed E-state index contributed by atoms with van der Waals surface area (Å²) in [6, 6.07) is 1.77. The van der Waals surface area contributed by atoms with Gasteiger partial charge in [-0.15, -0.1) is 11.3 Å². The maximum atomic E-state index is 12.9. The normalized spacial score (nSPS) is 20.7. The first-order valence-electron chi connectivity index (χ1n) is 6.98. The number of carbonyl (C=O) groups excluding carboxylic acids is 1. The van der Waals surface area contributed by atoms with E-state index in [4.69, 9.17) is 35.4 Å². The van der Waals surface area contributed by atoms with Crippen LogP contribution in [0.25, 0.3) is 0 Å². The number of thiocarbonyl (C=S) groups is 1. The molecular weight excluding hydrogens is 455 g/mol. The lowest BCUT2D eigenvalue weighted by atomic mass is 9.90. The summed E-state index contributed by atoms with van der Waals surface area (Å²) in [5, 5.41) is 9.46. The van der Waals surface area contributed by atoms with Crippen molar-refractivity contribution in [2.75, 3.05) is 18.9 Å². The van der Waals surface area contributed by atoms with E-state index in [1.807, 2.05) is 17.3 Å². The Morgan fingerprint density at radius 3 is 2.75 bits per heavy atom. The molecule has 3 rings (SSSR count). The number of hydrogen-bond donors (Lipinski definition) is 1. The maximum Gasteiger partial charge on any atom is 0.235 e. The van der Waals surface area contributed by atoms with Crippen LogP contribution in [0.5, 0.6) is 0 Å². The third-order valence-electron chi connectivity index (χ3n) is 4.01. The van der Waals surface area contributed by atoms with E-state index in [-0.39, 0.29) is 11.8 Å². The highest BCUT2D eigenvalue weighted by Gasteiger charge is 2.44. The number of carbonyl (C=O) groups is 1. The Kier molecular flexibility index (Phi) is 5.22. The monoisotopic (exact) mass is 466 g/mol. The Labute approximate surface area is 167 Å². The Bertz CT molecular complexity index is 822. The molecule has 1 saturated heterocycles. The Morgan fingerprint density at radius 1 is 1.50 bits per heavy atom. The molecule has 3 heterocycles. The molecule has 1 fully saturated rings. The number of nitrogens with one attached hydrogen (secondary N) is 1. The zero-order chi connectivity index (χ0) is 17.6. The summed E-state index contributed by atoms with van der Waals surface area (Å²) >= 11 is 22.8. The predicted molar refractivity (Wildman–Crippen MR) is 105 cm³/mol. The highest BCUT2D eigenvalue weighted by molar-refractivity contribution is 9.10. The van der Waals surface area contributed by atoms with Crippen LogP contribution < -0.4 is 5.32 Å². The molecule has 5 nitrogen and oxygen atoms in total. The van der Waals surface area contributed by atoms with Crippen molar-refractivity contribution in [1.29, 1.82) is 0 Å². The Morgan fingerprint density at radius 2 is 2.21 bits per heavy atom. The summed E-state index contributed by atoms with van der Waals surface area (Å²) in [4.78, 5) is 15.3. The largest absolute Gasteiger partial charge is 0.368 e. The zero-order valence-electron chi connectivity index (χ0n) is 12.7. The van der Waals surface area contributed by atoms with Crippen molar-refractivity contribution in [3.05, 3.63) is 31.1 Å². The van der Waals surface area contributed by atoms with Crippen LogP contribution in [-0.2, 0) is 11.8 Å². The van der Waals surface area contributed by atoms with E-state index in [1.165, 1.54) is 11.3 Å². The molecule has 0 saturated carbocycles. The molecule has 1 aliphatic heterocycles. The van der Waals surface area contributed by atoms with Gasteiger partial charge in [-0.05, 0) is 27.4 Å². The number of hydrogen-bond acceptors (Lipinski definition) is 4. The summed E-state index contributed by atoms with van der Waals surface area (Å²) in [7, 11) is 3.63. The molecule has 2 atom stereocenters. The molecular formula is C14H13BrCl2N4OS2. The van der Waals surface area contributed by atoms with E-state index in [0.29, 0.717) is 31.3 Å². The predicted octanol–water partition coefficient (Wildman–Crippen LogP) is 4.16. The maximum absolute atomic E-state index is 12.9. The number of rotatable bonds is 3. The van der Waals surface area contributed by atoms with Crippen molar-refractivity contribution >= 4 is 79.3 Å². The fourth-order valence-electron chi connectivity index (χ4n) is 2.84. The van der Waals surface area contributed by atoms with Gasteiger partial charge < -0.3 is 10.2 Å². The van der Waals surface area contributed by atoms with Gasteiger partial charge in [0.2, 0.25) is 5.91 Å². The molecule has 128 valence electrons. The molecule has 0 unspecified atom stereocenters. The van der Waals surface area contributed by atoms with Crippen LogP contribution in [0.4, 0.5) is 5.69 Å². The molecule has 10 heteroatoms. The smallest absolute Gasteiger partial charge is 0.235 e. The van der Waals surface area contributed by atoms with Gasteiger partial charge in [-0.1, -0.05) is 35.4 Å². The summed E-state index contributed by atoms with van der Waals surface area (Å²) in [5.41, 5.74) is 1.39. The van der Waals surface area contributed by atoms with Crippen LogP contribution in [0.2, 0.25) is 9.49 Å². The molecule has 2 aromatic rings. The van der Waals surface area contributed by atoms with Gasteiger partial charge in [0.05, 0.1) is 16.6 Å². The van der Waals surface area contributed by atoms with Crippen molar-refractivity contribution in [3.63, 3.8) is 0 Å². The minimum absolute atomic E-state index is 0.185. The zero-order valence-corrected chi connectivity index (χ0v) is 17.4. The Hall–Kier alpha value is -0.670. The lowest BCUT2D eigenvalue weighted by molar-refractivity contribution is -0.118. The van der Waals surface area contributed by atoms with Crippen LogP contribution in [-0.4, -0.2) is 39.2 Å². The first kappa shape index (κ1) is 18.1. The minimum Gasteiger partial charge on any atom is -0.368 e. The van der Waals surface area contributed by atoms with E-state index in [2.05, 4.69) is 26.3 Å². The van der Waals surface area contributed by atoms with Crippen molar-refractivity contribution in [2.45, 2.75) is 5.92 Å². The SMILES string of the molecule is CN1C[C@H](c2c(Br)nn(C)c2Cl)[C@@H](C(=O)Nc2ccsc2Cl)C1=S. The first-order valence-corrected chi connectivity index (χ1v) is 9.81. The van der Waals surface area contributed by atoms with E-state index in [9.17, 15) is 4.79 Å². The summed E-state index contributed by atoms with van der Waals surface area (Å²) in [6.45, 7) is 0.596. The van der Waals surface area contributed by atoms with Gasteiger partial charge in [-0.25, -0.2) is 0 Å². The second-order valence-electron chi connectivity index (χ2n) is 5.52. The van der Waals surface area contributed by atoms with Gasteiger partial charge in [0, 0.05) is 32.1 Å². The van der Waals surface area contributed by atoms with Crippen molar-refractivity contribution in [1.82, 2.24) is 14.7 Å². The fourth-order valence-corrected chi connectivity index (χ4v) is 5.12. The number of amides is 1. The Balaban J connectivity index is 1.95. The lowest BCUT2D eigenvalue weighted by Crippen LogP contribution is -2.31. The third-order valence-corrected chi connectivity index (χ3v) is 6.78. The van der Waals surface area contributed by atoms with Crippen molar-refractivity contribution < 1.29 is 4.79 Å². The molecule has 1 N–H and O–H groups in total. The molecule has 0 spiro atoms. The van der Waals surface area contributed by atoms with E-state index >= 15 is 0 Å². The number of likely N-dealkylation sites (tertiary alicyclic amines) is 1. The molecule has 0 bridgehead atoms. The fraction of sp³-hybridized carbons (Fsp3) is 0.357. The van der Waals surface area contributed by atoms with E-state index in [1.54, 1.807) is 17.8 Å². The van der Waals surface area contributed by atoms with Crippen LogP contribution >= 0.6 is 62.7 Å². The standard InChI is InChI=1S/C14H13BrCl2N4OS2/c1-20-5-6(8-10(15)19-21(2)11(8)16)9(14(20)23)13(22)18-7-3-4-24-12(7)17/h3-4,6,9H,5H2,1-2H3,(H,18,22)/t6-,9+/m1/s1. The minimum atomic E-state index is -0.515. The van der Waals surface area contributed by atoms with E-state index < -0.39 is 5.92 Å². The highest BCUT2D eigenvalue weighted by atomic mass is 79.9. The second kappa shape index (κ2) is 6.92. The highest BCUT2D eigenvalue weighted by Crippen LogP contribution is 2.41. The topological polar surface area (TPSA) is 50.2 Å². The van der Waals surface area contributed by atoms with E-state index in [0.717, 1.165) is 5.56 Å². The number of aryl methyl sites for hydroxylation is 1. The first-order chi connectivity index (χ1) is 11.3. The number of nitrogens with zero attached hydrogens (tertiary/aromatic N) is 3. The summed E-state index contributed by atoms with van der Waals surface area (Å²) in [5.74, 6) is -0.893. The lowest BCUT2D eigenvalue weighted by Gasteiger charge is -2.17. The van der Waals surface area contributed by atoms with Crippen LogP contribution in [0.3, 0.4) is 0 Å². The van der Waals surface area contributed by atoms with Gasteiger partial charge in [0.15, 0.2) is 0 Å². The van der Waals surface area contributed by atoms with Gasteiger partial charge >= 0.3 is 0 Å². The quantitative estimate of drug-likeness (QED) is 0.688. The van der Waals surface area contributed by atoms with Crippen LogP contribution in [0.15, 0.2) is 16.0 Å². The second-order valence-corrected chi connectivity index (χ2v) is 8.56. The van der Waals surface area contributed by atoms with Crippen LogP contribution in [0.1, 0.15) is 11.5 Å². The number of likely N-dealkylation sites (N-methyl/N-ethyl adjacent to an activating group) is 1. The molecule has 1 amide bonds. The van der Waals surface area contributed by atoms with Crippen LogP contribution in [0, 0.1) is 5.92 Å². The molecule has 0 aromatic carbocycles. The van der Waals surface area contributed by atoms with Gasteiger partial charge in [0.25, 0.3) is 0 Å². The number of anilines is 1. The van der Waals surface area contributed by atoms with Gasteiger partial charge in [-0.3, -0.25) is 9.48 Å². The molecule has 0 aliphatic carbocycles. The van der Waals surface area contributed by atoms with Crippen molar-refractivity contribution in [2.24, 2.45) is 13.0 Å². The molecule has 2 aromatic heterocycles. The molecule has 24 heavy (non-hydrogen) atoms. The average Bonchev–Trinajstić information content (AvgIpc) is 3.11. The number of halogens is 3. The number of thiophene rings is 1. The average molecular weight is 468 g/mol. The molecule has 1 aliphatic rings.